The quantitative estimate of drug-likeness (QED) is 0.158. The molecular formula is C64H37NOS. The average molecular weight is 868 g/mol. The lowest BCUT2D eigenvalue weighted by Crippen LogP contribution is -1.97. The van der Waals surface area contributed by atoms with E-state index in [2.05, 4.69) is 229 Å². The maximum atomic E-state index is 6.64. The number of furan rings is 1. The molecule has 3 heterocycles. The van der Waals surface area contributed by atoms with Crippen LogP contribution in [-0.4, -0.2) is 4.57 Å². The first-order valence-electron chi connectivity index (χ1n) is 23.0. The number of aromatic nitrogens is 1. The molecule has 0 N–H and O–H groups in total. The van der Waals surface area contributed by atoms with Gasteiger partial charge in [-0.15, -0.1) is 11.3 Å². The molecule has 0 saturated carbocycles. The van der Waals surface area contributed by atoms with E-state index in [4.69, 9.17) is 4.42 Å². The fraction of sp³-hybridized carbons (Fsp3) is 0. The average Bonchev–Trinajstić information content (AvgIpc) is 4.07. The fourth-order valence-corrected chi connectivity index (χ4v) is 12.5. The van der Waals surface area contributed by atoms with Crippen LogP contribution in [0.5, 0.6) is 0 Å². The van der Waals surface area contributed by atoms with Crippen molar-refractivity contribution >= 4 is 108 Å². The predicted octanol–water partition coefficient (Wildman–Crippen LogP) is 18.6. The normalized spacial score (nSPS) is 12.2. The SMILES string of the molecule is c1ccc(-c2ccccc2-c2cccc(-c3cccc4c3sc3ccc(-c5ccc6c(c5)c5ccccc5n6-c5cc6cccc7ccc8c9oc%10ccccc%10c9cc5c8c76)cc34)c2)cc1. The Kier molecular flexibility index (Phi) is 7.69. The van der Waals surface area contributed by atoms with Crippen LogP contribution in [0.4, 0.5) is 0 Å². The molecule has 0 aliphatic heterocycles. The summed E-state index contributed by atoms with van der Waals surface area (Å²) in [5.74, 6) is 0. The van der Waals surface area contributed by atoms with Gasteiger partial charge in [0.2, 0.25) is 0 Å². The largest absolute Gasteiger partial charge is 0.455 e. The van der Waals surface area contributed by atoms with Crippen LogP contribution in [0.3, 0.4) is 0 Å². The molecule has 0 radical (unpaired) electrons. The van der Waals surface area contributed by atoms with Crippen molar-refractivity contribution in [2.24, 2.45) is 0 Å². The lowest BCUT2D eigenvalue weighted by atomic mass is 9.91. The van der Waals surface area contributed by atoms with Crippen molar-refractivity contribution in [3.05, 3.63) is 224 Å². The summed E-state index contributed by atoms with van der Waals surface area (Å²) in [6.45, 7) is 0. The van der Waals surface area contributed by atoms with Crippen LogP contribution in [0.25, 0.3) is 146 Å². The van der Waals surface area contributed by atoms with E-state index in [9.17, 15) is 0 Å². The number of rotatable bonds is 5. The Morgan fingerprint density at radius 3 is 1.88 bits per heavy atom. The lowest BCUT2D eigenvalue weighted by Gasteiger charge is -2.17. The molecule has 0 aliphatic rings. The first-order valence-corrected chi connectivity index (χ1v) is 23.8. The molecule has 0 spiro atoms. The zero-order valence-electron chi connectivity index (χ0n) is 36.1. The second-order valence-corrected chi connectivity index (χ2v) is 19.0. The second-order valence-electron chi connectivity index (χ2n) is 17.9. The minimum absolute atomic E-state index is 0.916. The van der Waals surface area contributed by atoms with Gasteiger partial charge in [-0.25, -0.2) is 0 Å². The van der Waals surface area contributed by atoms with E-state index in [0.29, 0.717) is 0 Å². The highest BCUT2D eigenvalue weighted by atomic mass is 32.1. The minimum atomic E-state index is 0.916. The summed E-state index contributed by atoms with van der Waals surface area (Å²) in [6, 6.07) is 82.7. The van der Waals surface area contributed by atoms with Crippen LogP contribution >= 0.6 is 11.3 Å². The van der Waals surface area contributed by atoms with E-state index in [1.807, 2.05) is 11.3 Å². The molecular weight excluding hydrogens is 831 g/mol. The third kappa shape index (κ3) is 5.38. The third-order valence-electron chi connectivity index (χ3n) is 14.3. The second kappa shape index (κ2) is 14.0. The molecule has 0 fully saturated rings. The van der Waals surface area contributed by atoms with Crippen LogP contribution in [0.2, 0.25) is 0 Å². The van der Waals surface area contributed by atoms with Crippen LogP contribution in [0, 0.1) is 0 Å². The summed E-state index contributed by atoms with van der Waals surface area (Å²) in [7, 11) is 0. The van der Waals surface area contributed by atoms with Crippen molar-refractivity contribution < 1.29 is 4.42 Å². The van der Waals surface area contributed by atoms with E-state index < -0.39 is 0 Å². The summed E-state index contributed by atoms with van der Waals surface area (Å²) in [6.07, 6.45) is 0. The van der Waals surface area contributed by atoms with E-state index in [-0.39, 0.29) is 0 Å². The molecule has 12 aromatic carbocycles. The van der Waals surface area contributed by atoms with Crippen LogP contribution < -0.4 is 0 Å². The monoisotopic (exact) mass is 867 g/mol. The summed E-state index contributed by atoms with van der Waals surface area (Å²) in [5.41, 5.74) is 15.3. The zero-order valence-corrected chi connectivity index (χ0v) is 36.9. The highest BCUT2D eigenvalue weighted by Crippen LogP contribution is 2.47. The van der Waals surface area contributed by atoms with Crippen LogP contribution in [-0.2, 0) is 0 Å². The van der Waals surface area contributed by atoms with E-state index in [1.165, 1.54) is 119 Å². The van der Waals surface area contributed by atoms with Crippen molar-refractivity contribution in [3.8, 4) is 50.2 Å². The fourth-order valence-electron chi connectivity index (χ4n) is 11.3. The zero-order chi connectivity index (χ0) is 43.7. The molecule has 15 aromatic rings. The number of nitrogens with zero attached hydrogens (tertiary/aromatic N) is 1. The van der Waals surface area contributed by atoms with Gasteiger partial charge in [0, 0.05) is 57.9 Å². The molecule has 0 unspecified atom stereocenters. The van der Waals surface area contributed by atoms with E-state index in [0.717, 1.165) is 27.3 Å². The van der Waals surface area contributed by atoms with Gasteiger partial charge < -0.3 is 8.98 Å². The van der Waals surface area contributed by atoms with Gasteiger partial charge in [-0.2, -0.15) is 0 Å². The molecule has 2 nitrogen and oxygen atoms in total. The van der Waals surface area contributed by atoms with Gasteiger partial charge in [-0.1, -0.05) is 164 Å². The Balaban J connectivity index is 0.885. The maximum absolute atomic E-state index is 6.64. The molecule has 67 heavy (non-hydrogen) atoms. The molecule has 0 aliphatic carbocycles. The first kappa shape index (κ1) is 36.8. The smallest absolute Gasteiger partial charge is 0.143 e. The van der Waals surface area contributed by atoms with Crippen molar-refractivity contribution in [2.45, 2.75) is 0 Å². The predicted molar refractivity (Wildman–Crippen MR) is 286 cm³/mol. The molecule has 0 amide bonds. The van der Waals surface area contributed by atoms with Gasteiger partial charge in [0.1, 0.15) is 11.2 Å². The van der Waals surface area contributed by atoms with Gasteiger partial charge in [0.25, 0.3) is 0 Å². The molecule has 15 rings (SSSR count). The number of hydrogen-bond donors (Lipinski definition) is 0. The van der Waals surface area contributed by atoms with Gasteiger partial charge in [-0.3, -0.25) is 0 Å². The summed E-state index contributed by atoms with van der Waals surface area (Å²) >= 11 is 1.89. The summed E-state index contributed by atoms with van der Waals surface area (Å²) < 4.78 is 11.7. The van der Waals surface area contributed by atoms with Crippen molar-refractivity contribution in [1.82, 2.24) is 4.57 Å². The minimum Gasteiger partial charge on any atom is -0.455 e. The van der Waals surface area contributed by atoms with Crippen molar-refractivity contribution in [1.29, 1.82) is 0 Å². The van der Waals surface area contributed by atoms with Crippen molar-refractivity contribution in [3.63, 3.8) is 0 Å². The highest BCUT2D eigenvalue weighted by molar-refractivity contribution is 7.26. The molecule has 310 valence electrons. The molecule has 3 heteroatoms. The van der Waals surface area contributed by atoms with E-state index >= 15 is 0 Å². The van der Waals surface area contributed by atoms with Gasteiger partial charge in [0.05, 0.1) is 16.7 Å². The maximum Gasteiger partial charge on any atom is 0.143 e. The third-order valence-corrected chi connectivity index (χ3v) is 15.5. The van der Waals surface area contributed by atoms with Gasteiger partial charge >= 0.3 is 0 Å². The van der Waals surface area contributed by atoms with Crippen LogP contribution in [0.15, 0.2) is 229 Å². The van der Waals surface area contributed by atoms with Crippen molar-refractivity contribution in [2.75, 3.05) is 0 Å². The number of benzene rings is 12. The first-order chi connectivity index (χ1) is 33.2. The highest BCUT2D eigenvalue weighted by Gasteiger charge is 2.22. The van der Waals surface area contributed by atoms with E-state index in [1.54, 1.807) is 0 Å². The Labute approximate surface area is 389 Å². The Morgan fingerprint density at radius 1 is 0.328 bits per heavy atom. The van der Waals surface area contributed by atoms with Gasteiger partial charge in [0.15, 0.2) is 0 Å². The Bertz CT molecular complexity index is 4510. The van der Waals surface area contributed by atoms with Crippen LogP contribution in [0.1, 0.15) is 0 Å². The lowest BCUT2D eigenvalue weighted by molar-refractivity contribution is 0.673. The summed E-state index contributed by atoms with van der Waals surface area (Å²) in [4.78, 5) is 0. The molecule has 0 atom stereocenters. The molecule has 0 saturated heterocycles. The Morgan fingerprint density at radius 2 is 0.985 bits per heavy atom. The number of fused-ring (bicyclic) bond motifs is 10. The molecule has 3 aromatic heterocycles. The standard InChI is InChI=1S/C64H37NOS/c1-2-13-38(14-3-1)45-19-4-5-20-46(45)42-16-11-17-43(33-42)47-23-12-24-50-53-35-41(29-32-60(53)67-64(47)50)40-28-31-57-52(34-40)48-21-6-8-25-56(48)65(57)58-36-44-18-10-15-39-27-30-51-62(61(39)44)55(58)37-54-49-22-7-9-26-59(49)66-63(51)54/h1-37H. The number of para-hydroxylation sites is 2. The number of thiophene rings is 1. The Hall–Kier alpha value is -8.50. The number of hydrogen-bond acceptors (Lipinski definition) is 2. The topological polar surface area (TPSA) is 18.1 Å². The summed E-state index contributed by atoms with van der Waals surface area (Å²) in [5, 5.41) is 14.7. The van der Waals surface area contributed by atoms with Gasteiger partial charge in [-0.05, 0) is 121 Å². The molecule has 0 bridgehead atoms.